The van der Waals surface area contributed by atoms with Gasteiger partial charge in [0.25, 0.3) is 0 Å². The highest BCUT2D eigenvalue weighted by Gasteiger charge is 2.43. The number of benzene rings is 1. The lowest BCUT2D eigenvalue weighted by Crippen LogP contribution is -2.44. The van der Waals surface area contributed by atoms with Gasteiger partial charge in [-0.05, 0) is 45.0 Å². The summed E-state index contributed by atoms with van der Waals surface area (Å²) in [6.07, 6.45) is 4.15. The molecule has 0 fully saturated rings. The van der Waals surface area contributed by atoms with Crippen LogP contribution in [-0.2, 0) is 11.3 Å². The molecular formula is C19H25BrO2. The molecule has 0 aromatic heterocycles. The van der Waals surface area contributed by atoms with E-state index in [1.54, 1.807) is 0 Å². The molecule has 120 valence electrons. The van der Waals surface area contributed by atoms with Gasteiger partial charge in [-0.15, -0.1) is 0 Å². The topological polar surface area (TPSA) is 29.5 Å². The lowest BCUT2D eigenvalue weighted by atomic mass is 9.80. The molecule has 1 aromatic carbocycles. The molecule has 0 radical (unpaired) electrons. The van der Waals surface area contributed by atoms with Crippen molar-refractivity contribution in [2.24, 2.45) is 17.8 Å². The maximum absolute atomic E-state index is 11.1. The fourth-order valence-electron chi connectivity index (χ4n) is 2.71. The molecule has 0 saturated carbocycles. The van der Waals surface area contributed by atoms with Gasteiger partial charge in [-0.1, -0.05) is 64.1 Å². The van der Waals surface area contributed by atoms with Crippen LogP contribution in [0.5, 0.6) is 0 Å². The van der Waals surface area contributed by atoms with Gasteiger partial charge in [0.15, 0.2) is 0 Å². The van der Waals surface area contributed by atoms with Crippen LogP contribution >= 0.6 is 15.9 Å². The van der Waals surface area contributed by atoms with Gasteiger partial charge in [-0.25, -0.2) is 0 Å². The Hall–Kier alpha value is -0.900. The molecule has 0 amide bonds. The van der Waals surface area contributed by atoms with Crippen LogP contribution in [-0.4, -0.2) is 10.9 Å². The van der Waals surface area contributed by atoms with E-state index in [4.69, 9.17) is 4.74 Å². The molecule has 1 aliphatic carbocycles. The Labute approximate surface area is 142 Å². The minimum Gasteiger partial charge on any atom is -0.361 e. The zero-order valence-corrected chi connectivity index (χ0v) is 15.3. The van der Waals surface area contributed by atoms with Gasteiger partial charge in [0.1, 0.15) is 0 Å². The van der Waals surface area contributed by atoms with E-state index in [9.17, 15) is 5.11 Å². The summed E-state index contributed by atoms with van der Waals surface area (Å²) < 4.78 is 6.68. The first-order valence-corrected chi connectivity index (χ1v) is 8.63. The molecular weight excluding hydrogens is 340 g/mol. The molecule has 3 heteroatoms. The minimum atomic E-state index is -1.30. The van der Waals surface area contributed by atoms with Gasteiger partial charge in [0.05, 0.1) is 11.1 Å². The summed E-state index contributed by atoms with van der Waals surface area (Å²) >= 11 is 3.55. The number of halogens is 1. The molecule has 0 heterocycles. The number of hydrogen-bond acceptors (Lipinski definition) is 2. The summed E-state index contributed by atoms with van der Waals surface area (Å²) in [7, 11) is 0. The highest BCUT2D eigenvalue weighted by Crippen LogP contribution is 2.43. The maximum atomic E-state index is 11.1. The molecule has 0 saturated heterocycles. The second-order valence-corrected chi connectivity index (χ2v) is 7.41. The Kier molecular flexibility index (Phi) is 5.65. The molecule has 0 aliphatic heterocycles. The Morgan fingerprint density at radius 1 is 1.18 bits per heavy atom. The molecule has 0 spiro atoms. The summed E-state index contributed by atoms with van der Waals surface area (Å²) in [5.74, 6) is -0.682. The van der Waals surface area contributed by atoms with Crippen molar-refractivity contribution in [2.45, 2.75) is 40.1 Å². The molecule has 2 atom stereocenters. The van der Waals surface area contributed by atoms with E-state index in [1.807, 2.05) is 36.4 Å². The largest absolute Gasteiger partial charge is 0.361 e. The van der Waals surface area contributed by atoms with Gasteiger partial charge < -0.3 is 9.84 Å². The zero-order valence-electron chi connectivity index (χ0n) is 13.7. The predicted octanol–water partition coefficient (Wildman–Crippen LogP) is 5.04. The van der Waals surface area contributed by atoms with Crippen molar-refractivity contribution in [1.82, 2.24) is 0 Å². The van der Waals surface area contributed by atoms with Crippen LogP contribution in [0.1, 0.15) is 33.3 Å². The summed E-state index contributed by atoms with van der Waals surface area (Å²) in [5.41, 5.74) is 2.29. The molecule has 2 nitrogen and oxygen atoms in total. The second-order valence-electron chi connectivity index (χ2n) is 6.55. The number of allylic oxidation sites excluding steroid dienone is 2. The fraction of sp³-hybridized carbons (Fsp3) is 0.474. The van der Waals surface area contributed by atoms with Crippen molar-refractivity contribution >= 4 is 15.9 Å². The van der Waals surface area contributed by atoms with Crippen LogP contribution in [0, 0.1) is 17.8 Å². The molecule has 1 aromatic rings. The maximum Gasteiger partial charge on any atom is 0.206 e. The standard InChI is InChI=1S/C19H25BrO2/c1-13(2)16-10-17(14(3)4)19(21,18(20)11-16)22-12-15-8-6-5-7-9-15/h5-11,13-14,17,21H,12H2,1-4H3. The number of aliphatic hydroxyl groups is 1. The van der Waals surface area contributed by atoms with Crippen molar-refractivity contribution in [1.29, 1.82) is 0 Å². The van der Waals surface area contributed by atoms with Crippen molar-refractivity contribution in [3.8, 4) is 0 Å². The van der Waals surface area contributed by atoms with Gasteiger partial charge in [-0.2, -0.15) is 0 Å². The first kappa shape index (κ1) is 17.5. The summed E-state index contributed by atoms with van der Waals surface area (Å²) in [4.78, 5) is 0. The highest BCUT2D eigenvalue weighted by atomic mass is 79.9. The van der Waals surface area contributed by atoms with Gasteiger partial charge >= 0.3 is 0 Å². The zero-order chi connectivity index (χ0) is 16.3. The first-order chi connectivity index (χ1) is 10.3. The monoisotopic (exact) mass is 364 g/mol. The number of hydrogen-bond donors (Lipinski definition) is 1. The van der Waals surface area contributed by atoms with Crippen LogP contribution < -0.4 is 0 Å². The third kappa shape index (κ3) is 3.70. The van der Waals surface area contributed by atoms with Crippen molar-refractivity contribution < 1.29 is 9.84 Å². The Bertz CT molecular complexity index is 560. The van der Waals surface area contributed by atoms with Crippen molar-refractivity contribution in [3.63, 3.8) is 0 Å². The van der Waals surface area contributed by atoms with E-state index in [0.29, 0.717) is 17.0 Å². The lowest BCUT2D eigenvalue weighted by molar-refractivity contribution is -0.209. The Morgan fingerprint density at radius 3 is 2.36 bits per heavy atom. The average Bonchev–Trinajstić information content (AvgIpc) is 2.48. The predicted molar refractivity (Wildman–Crippen MR) is 94.4 cm³/mol. The van der Waals surface area contributed by atoms with Crippen LogP contribution in [0.15, 0.2) is 52.5 Å². The molecule has 2 rings (SSSR count). The van der Waals surface area contributed by atoms with Crippen LogP contribution in [0.3, 0.4) is 0 Å². The number of rotatable bonds is 5. The Morgan fingerprint density at radius 2 is 1.82 bits per heavy atom. The van der Waals surface area contributed by atoms with E-state index in [-0.39, 0.29) is 11.8 Å². The van der Waals surface area contributed by atoms with Crippen molar-refractivity contribution in [3.05, 3.63) is 58.1 Å². The second kappa shape index (κ2) is 7.12. The summed E-state index contributed by atoms with van der Waals surface area (Å²) in [5, 5.41) is 11.1. The third-order valence-electron chi connectivity index (χ3n) is 4.15. The number of ether oxygens (including phenoxy) is 1. The average molecular weight is 365 g/mol. The Balaban J connectivity index is 2.24. The molecule has 1 N–H and O–H groups in total. The summed E-state index contributed by atoms with van der Waals surface area (Å²) in [6, 6.07) is 9.94. The van der Waals surface area contributed by atoms with Crippen LogP contribution in [0.25, 0.3) is 0 Å². The lowest BCUT2D eigenvalue weighted by Gasteiger charge is -2.40. The molecule has 0 bridgehead atoms. The highest BCUT2D eigenvalue weighted by molar-refractivity contribution is 9.11. The van der Waals surface area contributed by atoms with E-state index >= 15 is 0 Å². The summed E-state index contributed by atoms with van der Waals surface area (Å²) in [6.45, 7) is 8.93. The van der Waals surface area contributed by atoms with E-state index in [1.165, 1.54) is 5.57 Å². The van der Waals surface area contributed by atoms with E-state index in [0.717, 1.165) is 5.56 Å². The van der Waals surface area contributed by atoms with E-state index in [2.05, 4.69) is 49.7 Å². The quantitative estimate of drug-likeness (QED) is 0.741. The SMILES string of the molecule is CC(C)C1=CC(C(C)C)C(O)(OCc2ccccc2)C(Br)=C1. The first-order valence-electron chi connectivity index (χ1n) is 7.84. The van der Waals surface area contributed by atoms with Crippen molar-refractivity contribution in [2.75, 3.05) is 0 Å². The van der Waals surface area contributed by atoms with Gasteiger partial charge in [0, 0.05) is 5.92 Å². The van der Waals surface area contributed by atoms with Gasteiger partial charge in [0.2, 0.25) is 5.79 Å². The van der Waals surface area contributed by atoms with Crippen LogP contribution in [0.2, 0.25) is 0 Å². The van der Waals surface area contributed by atoms with E-state index < -0.39 is 5.79 Å². The smallest absolute Gasteiger partial charge is 0.206 e. The normalized spacial score (nSPS) is 25.4. The molecule has 2 unspecified atom stereocenters. The molecule has 22 heavy (non-hydrogen) atoms. The molecule has 1 aliphatic rings. The fourth-order valence-corrected chi connectivity index (χ4v) is 3.36. The van der Waals surface area contributed by atoms with Crippen LogP contribution in [0.4, 0.5) is 0 Å². The third-order valence-corrected chi connectivity index (χ3v) is 4.94. The van der Waals surface area contributed by atoms with Gasteiger partial charge in [-0.3, -0.25) is 0 Å². The minimum absolute atomic E-state index is 0.0759.